The first-order chi connectivity index (χ1) is 15.5. The van der Waals surface area contributed by atoms with Crippen LogP contribution in [-0.2, 0) is 11.3 Å². The predicted molar refractivity (Wildman–Crippen MR) is 126 cm³/mol. The topological polar surface area (TPSA) is 57.8 Å². The van der Waals surface area contributed by atoms with Crippen LogP contribution in [0.2, 0.25) is 10.0 Å². The third-order valence-corrected chi connectivity index (χ3v) is 5.55. The lowest BCUT2D eigenvalue weighted by atomic mass is 10.1. The van der Waals surface area contributed by atoms with Crippen LogP contribution in [0.3, 0.4) is 0 Å². The number of aromatic nitrogens is 1. The summed E-state index contributed by atoms with van der Waals surface area (Å²) in [6.45, 7) is 0.480. The lowest BCUT2D eigenvalue weighted by Gasteiger charge is -2.08. The van der Waals surface area contributed by atoms with Crippen LogP contribution in [-0.4, -0.2) is 10.5 Å². The lowest BCUT2D eigenvalue weighted by Crippen LogP contribution is -2.14. The summed E-state index contributed by atoms with van der Waals surface area (Å²) >= 11 is 12.3. The second-order valence-corrected chi connectivity index (χ2v) is 7.91. The summed E-state index contributed by atoms with van der Waals surface area (Å²) in [6, 6.07) is 20.7. The molecule has 1 N–H and O–H groups in total. The van der Waals surface area contributed by atoms with Crippen molar-refractivity contribution in [3.05, 3.63) is 105 Å². The highest BCUT2D eigenvalue weighted by Crippen LogP contribution is 2.27. The first-order valence-electron chi connectivity index (χ1n) is 9.66. The van der Waals surface area contributed by atoms with Crippen molar-refractivity contribution in [1.82, 2.24) is 4.57 Å². The Kier molecular flexibility index (Phi) is 6.27. The van der Waals surface area contributed by atoms with Gasteiger partial charge in [-0.05, 0) is 42.0 Å². The SMILES string of the molecule is N#C/C(=C/c1cn(Cc2ccc(Cl)cc2Cl)c2ccccc12)C(=O)Nc1ccccc1F. The van der Waals surface area contributed by atoms with Gasteiger partial charge in [-0.3, -0.25) is 4.79 Å². The number of amides is 1. The Hall–Kier alpha value is -3.59. The fraction of sp³-hybridized carbons (Fsp3) is 0.0400. The van der Waals surface area contributed by atoms with Crippen LogP contribution < -0.4 is 5.32 Å². The van der Waals surface area contributed by atoms with E-state index in [0.717, 1.165) is 16.5 Å². The third kappa shape index (κ3) is 4.52. The van der Waals surface area contributed by atoms with E-state index in [-0.39, 0.29) is 11.3 Å². The molecule has 4 aromatic rings. The molecule has 1 heterocycles. The van der Waals surface area contributed by atoms with Crippen molar-refractivity contribution in [2.75, 3.05) is 5.32 Å². The molecule has 0 unspecified atom stereocenters. The molecule has 0 saturated carbocycles. The van der Waals surface area contributed by atoms with Gasteiger partial charge in [0.15, 0.2) is 0 Å². The number of rotatable bonds is 5. The number of nitriles is 1. The number of hydrogen-bond donors (Lipinski definition) is 1. The molecule has 158 valence electrons. The largest absolute Gasteiger partial charge is 0.342 e. The van der Waals surface area contributed by atoms with Gasteiger partial charge < -0.3 is 9.88 Å². The van der Waals surface area contributed by atoms with Crippen molar-refractivity contribution in [1.29, 1.82) is 5.26 Å². The molecule has 32 heavy (non-hydrogen) atoms. The molecular formula is C25H16Cl2FN3O. The summed E-state index contributed by atoms with van der Waals surface area (Å²) in [7, 11) is 0. The monoisotopic (exact) mass is 463 g/mol. The minimum atomic E-state index is -0.685. The fourth-order valence-corrected chi connectivity index (χ4v) is 3.88. The number of carbonyl (C=O) groups is 1. The van der Waals surface area contributed by atoms with Crippen LogP contribution in [0.4, 0.5) is 10.1 Å². The van der Waals surface area contributed by atoms with E-state index < -0.39 is 11.7 Å². The average molecular weight is 464 g/mol. The van der Waals surface area contributed by atoms with E-state index in [1.54, 1.807) is 18.2 Å². The van der Waals surface area contributed by atoms with E-state index in [4.69, 9.17) is 23.2 Å². The Bertz CT molecular complexity index is 1400. The highest BCUT2D eigenvalue weighted by atomic mass is 35.5. The summed E-state index contributed by atoms with van der Waals surface area (Å²) in [5.41, 5.74) is 2.35. The van der Waals surface area contributed by atoms with Gasteiger partial charge in [0, 0.05) is 39.3 Å². The lowest BCUT2D eigenvalue weighted by molar-refractivity contribution is -0.112. The van der Waals surface area contributed by atoms with Crippen LogP contribution in [0.25, 0.3) is 17.0 Å². The molecule has 7 heteroatoms. The maximum atomic E-state index is 13.9. The van der Waals surface area contributed by atoms with Gasteiger partial charge >= 0.3 is 0 Å². The highest BCUT2D eigenvalue weighted by molar-refractivity contribution is 6.35. The molecule has 0 aliphatic heterocycles. The second kappa shape index (κ2) is 9.27. The molecule has 0 aliphatic carbocycles. The summed E-state index contributed by atoms with van der Waals surface area (Å²) in [5.74, 6) is -1.26. The minimum Gasteiger partial charge on any atom is -0.342 e. The van der Waals surface area contributed by atoms with E-state index in [1.807, 2.05) is 47.2 Å². The Morgan fingerprint density at radius 1 is 1.09 bits per heavy atom. The number of carbonyl (C=O) groups excluding carboxylic acids is 1. The molecule has 0 atom stereocenters. The first kappa shape index (κ1) is 21.6. The Balaban J connectivity index is 1.70. The summed E-state index contributed by atoms with van der Waals surface area (Å²) in [4.78, 5) is 12.6. The number of fused-ring (bicyclic) bond motifs is 1. The molecule has 0 saturated heterocycles. The molecule has 0 spiro atoms. The molecule has 0 fully saturated rings. The Morgan fingerprint density at radius 3 is 2.59 bits per heavy atom. The summed E-state index contributed by atoms with van der Waals surface area (Å²) < 4.78 is 15.9. The van der Waals surface area contributed by atoms with Crippen molar-refractivity contribution in [2.45, 2.75) is 6.54 Å². The van der Waals surface area contributed by atoms with Gasteiger partial charge in [0.2, 0.25) is 0 Å². The van der Waals surface area contributed by atoms with Gasteiger partial charge in [-0.1, -0.05) is 59.6 Å². The molecule has 0 bridgehead atoms. The van der Waals surface area contributed by atoms with Crippen molar-refractivity contribution < 1.29 is 9.18 Å². The third-order valence-electron chi connectivity index (χ3n) is 4.96. The van der Waals surface area contributed by atoms with Gasteiger partial charge in [-0.2, -0.15) is 5.26 Å². The average Bonchev–Trinajstić information content (AvgIpc) is 3.13. The molecule has 4 nitrogen and oxygen atoms in total. The number of nitrogens with zero attached hydrogens (tertiary/aromatic N) is 2. The van der Waals surface area contributed by atoms with Crippen LogP contribution in [0.1, 0.15) is 11.1 Å². The predicted octanol–water partition coefficient (Wildman–Crippen LogP) is 6.68. The number of anilines is 1. The van der Waals surface area contributed by atoms with E-state index in [9.17, 15) is 14.4 Å². The number of para-hydroxylation sites is 2. The quantitative estimate of drug-likeness (QED) is 0.265. The molecule has 1 amide bonds. The molecule has 4 rings (SSSR count). The van der Waals surface area contributed by atoms with Crippen molar-refractivity contribution in [3.63, 3.8) is 0 Å². The molecule has 0 radical (unpaired) electrons. The first-order valence-corrected chi connectivity index (χ1v) is 10.4. The molecule has 3 aromatic carbocycles. The zero-order chi connectivity index (χ0) is 22.7. The van der Waals surface area contributed by atoms with Crippen molar-refractivity contribution in [2.24, 2.45) is 0 Å². The second-order valence-electron chi connectivity index (χ2n) is 7.07. The van der Waals surface area contributed by atoms with Crippen molar-refractivity contribution in [3.8, 4) is 6.07 Å². The van der Waals surface area contributed by atoms with E-state index in [2.05, 4.69) is 5.32 Å². The summed E-state index contributed by atoms with van der Waals surface area (Å²) in [6.07, 6.45) is 3.35. The Morgan fingerprint density at radius 2 is 1.84 bits per heavy atom. The molecule has 1 aromatic heterocycles. The van der Waals surface area contributed by atoms with Gasteiger partial charge in [0.1, 0.15) is 17.5 Å². The molecular weight excluding hydrogens is 448 g/mol. The van der Waals surface area contributed by atoms with E-state index in [1.165, 1.54) is 24.3 Å². The highest BCUT2D eigenvalue weighted by Gasteiger charge is 2.15. The maximum absolute atomic E-state index is 13.9. The van der Waals surface area contributed by atoms with Gasteiger partial charge in [-0.15, -0.1) is 0 Å². The van der Waals surface area contributed by atoms with E-state index >= 15 is 0 Å². The number of benzene rings is 3. The number of hydrogen-bond acceptors (Lipinski definition) is 2. The minimum absolute atomic E-state index is 0.0125. The smallest absolute Gasteiger partial charge is 0.266 e. The van der Waals surface area contributed by atoms with Crippen LogP contribution >= 0.6 is 23.2 Å². The van der Waals surface area contributed by atoms with Gasteiger partial charge in [-0.25, -0.2) is 4.39 Å². The fourth-order valence-electron chi connectivity index (χ4n) is 3.41. The summed E-state index contributed by atoms with van der Waals surface area (Å²) in [5, 5.41) is 14.0. The van der Waals surface area contributed by atoms with Gasteiger partial charge in [0.05, 0.1) is 5.69 Å². The zero-order valence-corrected chi connectivity index (χ0v) is 18.2. The normalized spacial score (nSPS) is 11.4. The Labute approximate surface area is 194 Å². The number of nitrogens with one attached hydrogen (secondary N) is 1. The molecule has 0 aliphatic rings. The van der Waals surface area contributed by atoms with Crippen LogP contribution in [0.5, 0.6) is 0 Å². The van der Waals surface area contributed by atoms with Gasteiger partial charge in [0.25, 0.3) is 5.91 Å². The van der Waals surface area contributed by atoms with E-state index in [0.29, 0.717) is 22.2 Å². The van der Waals surface area contributed by atoms with Crippen molar-refractivity contribution >= 4 is 51.8 Å². The standard InChI is InChI=1S/C25H16Cl2FN3O/c26-19-10-9-16(21(27)12-19)14-31-15-18(20-5-1-4-8-24(20)31)11-17(13-29)25(32)30-23-7-3-2-6-22(23)28/h1-12,15H,14H2,(H,30,32)/b17-11-. The maximum Gasteiger partial charge on any atom is 0.266 e. The van der Waals surface area contributed by atoms with Crippen LogP contribution in [0, 0.1) is 17.1 Å². The number of halogens is 3. The van der Waals surface area contributed by atoms with Crippen LogP contribution in [0.15, 0.2) is 78.5 Å². The zero-order valence-electron chi connectivity index (χ0n) is 16.6.